The van der Waals surface area contributed by atoms with Crippen LogP contribution in [0.4, 0.5) is 0 Å². The maximum atomic E-state index is 9.06. The predicted octanol–water partition coefficient (Wildman–Crippen LogP) is 1.16. The van der Waals surface area contributed by atoms with E-state index in [9.17, 15) is 0 Å². The van der Waals surface area contributed by atoms with Crippen LogP contribution < -0.4 is 5.32 Å². The number of aliphatic hydroxyl groups is 1. The number of piperidine rings is 1. The molecule has 2 N–H and O–H groups in total. The molecule has 0 unspecified atom stereocenters. The van der Waals surface area contributed by atoms with Gasteiger partial charge in [-0.05, 0) is 44.7 Å². The van der Waals surface area contributed by atoms with Crippen LogP contribution in [0.5, 0.6) is 0 Å². The molecule has 0 spiro atoms. The van der Waals surface area contributed by atoms with E-state index in [2.05, 4.69) is 14.9 Å². The fourth-order valence-electron chi connectivity index (χ4n) is 2.42. The van der Waals surface area contributed by atoms with Crippen molar-refractivity contribution in [3.05, 3.63) is 18.2 Å². The number of imidazole rings is 1. The molecule has 0 bridgehead atoms. The molecule has 1 saturated heterocycles. The van der Waals surface area contributed by atoms with Gasteiger partial charge in [-0.3, -0.25) is 0 Å². The van der Waals surface area contributed by atoms with E-state index in [4.69, 9.17) is 5.11 Å². The van der Waals surface area contributed by atoms with Crippen LogP contribution >= 0.6 is 0 Å². The first-order chi connectivity index (χ1) is 7.90. The van der Waals surface area contributed by atoms with Crippen LogP contribution in [0, 0.1) is 5.92 Å². The molecule has 2 heterocycles. The lowest BCUT2D eigenvalue weighted by Crippen LogP contribution is -2.27. The van der Waals surface area contributed by atoms with Crippen LogP contribution in [0.2, 0.25) is 0 Å². The summed E-state index contributed by atoms with van der Waals surface area (Å²) in [5.41, 5.74) is 0. The quantitative estimate of drug-likeness (QED) is 0.787. The van der Waals surface area contributed by atoms with Crippen LogP contribution in [-0.2, 0) is 13.2 Å². The number of rotatable bonds is 5. The Labute approximate surface area is 96.7 Å². The Balaban J connectivity index is 1.71. The van der Waals surface area contributed by atoms with E-state index in [0.29, 0.717) is 0 Å². The summed E-state index contributed by atoms with van der Waals surface area (Å²) < 4.78 is 2.06. The van der Waals surface area contributed by atoms with Crippen LogP contribution in [0.25, 0.3) is 0 Å². The van der Waals surface area contributed by atoms with E-state index < -0.39 is 0 Å². The third-order valence-electron chi connectivity index (χ3n) is 3.41. The maximum Gasteiger partial charge on any atom is 0.134 e. The maximum absolute atomic E-state index is 9.06. The topological polar surface area (TPSA) is 50.1 Å². The monoisotopic (exact) mass is 223 g/mol. The summed E-state index contributed by atoms with van der Waals surface area (Å²) in [5.74, 6) is 1.67. The molecule has 16 heavy (non-hydrogen) atoms. The first-order valence-corrected chi connectivity index (χ1v) is 6.21. The van der Waals surface area contributed by atoms with Gasteiger partial charge in [0.15, 0.2) is 0 Å². The van der Waals surface area contributed by atoms with Crippen molar-refractivity contribution in [3.8, 4) is 0 Å². The summed E-state index contributed by atoms with van der Waals surface area (Å²) in [4.78, 5) is 4.10. The van der Waals surface area contributed by atoms with Crippen LogP contribution in [0.1, 0.15) is 31.5 Å². The van der Waals surface area contributed by atoms with Gasteiger partial charge in [0.25, 0.3) is 0 Å². The lowest BCUT2D eigenvalue weighted by molar-refractivity contribution is 0.263. The van der Waals surface area contributed by atoms with Crippen molar-refractivity contribution in [3.63, 3.8) is 0 Å². The average molecular weight is 223 g/mol. The highest BCUT2D eigenvalue weighted by Gasteiger charge is 2.12. The molecule has 0 amide bonds. The van der Waals surface area contributed by atoms with E-state index in [1.165, 1.54) is 38.8 Å². The Morgan fingerprint density at radius 2 is 2.25 bits per heavy atom. The van der Waals surface area contributed by atoms with Crippen LogP contribution in [0.3, 0.4) is 0 Å². The van der Waals surface area contributed by atoms with Gasteiger partial charge >= 0.3 is 0 Å². The second kappa shape index (κ2) is 6.01. The highest BCUT2D eigenvalue weighted by molar-refractivity contribution is 4.89. The molecular formula is C12H21N3O. The molecule has 1 aromatic rings. The van der Waals surface area contributed by atoms with Crippen molar-refractivity contribution in [2.45, 2.75) is 38.8 Å². The third kappa shape index (κ3) is 3.06. The van der Waals surface area contributed by atoms with Gasteiger partial charge < -0.3 is 15.0 Å². The first kappa shape index (κ1) is 11.6. The highest BCUT2D eigenvalue weighted by Crippen LogP contribution is 2.18. The Morgan fingerprint density at radius 3 is 3.00 bits per heavy atom. The van der Waals surface area contributed by atoms with Gasteiger partial charge in [0.05, 0.1) is 0 Å². The minimum Gasteiger partial charge on any atom is -0.388 e. The Kier molecular flexibility index (Phi) is 4.36. The SMILES string of the molecule is OCc1nccn1CCCC1CCNCC1. The lowest BCUT2D eigenvalue weighted by atomic mass is 9.93. The van der Waals surface area contributed by atoms with Gasteiger partial charge in [-0.2, -0.15) is 0 Å². The third-order valence-corrected chi connectivity index (χ3v) is 3.41. The second-order valence-corrected chi connectivity index (χ2v) is 4.53. The summed E-state index contributed by atoms with van der Waals surface area (Å²) >= 11 is 0. The van der Waals surface area contributed by atoms with Crippen molar-refractivity contribution in [2.75, 3.05) is 13.1 Å². The fourth-order valence-corrected chi connectivity index (χ4v) is 2.42. The molecule has 1 aliphatic rings. The van der Waals surface area contributed by atoms with E-state index in [0.717, 1.165) is 18.3 Å². The Bertz CT molecular complexity index is 305. The molecule has 2 rings (SSSR count). The largest absolute Gasteiger partial charge is 0.388 e. The molecule has 0 atom stereocenters. The number of aryl methyl sites for hydroxylation is 1. The van der Waals surface area contributed by atoms with Gasteiger partial charge in [-0.15, -0.1) is 0 Å². The highest BCUT2D eigenvalue weighted by atomic mass is 16.3. The Hall–Kier alpha value is -0.870. The molecule has 1 aliphatic heterocycles. The number of aliphatic hydroxyl groups excluding tert-OH is 1. The van der Waals surface area contributed by atoms with Gasteiger partial charge in [0.2, 0.25) is 0 Å². The van der Waals surface area contributed by atoms with Crippen molar-refractivity contribution < 1.29 is 5.11 Å². The molecular weight excluding hydrogens is 202 g/mol. The summed E-state index contributed by atoms with van der Waals surface area (Å²) in [6, 6.07) is 0. The van der Waals surface area contributed by atoms with Crippen molar-refractivity contribution in [2.24, 2.45) is 5.92 Å². The zero-order chi connectivity index (χ0) is 11.2. The molecule has 0 radical (unpaired) electrons. The molecule has 0 aromatic carbocycles. The molecule has 4 nitrogen and oxygen atoms in total. The van der Waals surface area contributed by atoms with E-state index in [-0.39, 0.29) is 6.61 Å². The van der Waals surface area contributed by atoms with Gasteiger partial charge in [0.1, 0.15) is 12.4 Å². The number of hydrogen-bond acceptors (Lipinski definition) is 3. The Morgan fingerprint density at radius 1 is 1.44 bits per heavy atom. The average Bonchev–Trinajstić information content (AvgIpc) is 2.78. The van der Waals surface area contributed by atoms with E-state index >= 15 is 0 Å². The summed E-state index contributed by atoms with van der Waals surface area (Å²) in [6.07, 6.45) is 8.83. The van der Waals surface area contributed by atoms with Crippen LogP contribution in [-0.4, -0.2) is 27.7 Å². The number of nitrogens with one attached hydrogen (secondary N) is 1. The molecule has 0 aliphatic carbocycles. The summed E-state index contributed by atoms with van der Waals surface area (Å²) in [5, 5.41) is 12.5. The normalized spacial score (nSPS) is 17.8. The van der Waals surface area contributed by atoms with Crippen molar-refractivity contribution in [1.29, 1.82) is 0 Å². The zero-order valence-electron chi connectivity index (χ0n) is 9.73. The van der Waals surface area contributed by atoms with Crippen LogP contribution in [0.15, 0.2) is 12.4 Å². The van der Waals surface area contributed by atoms with Crippen molar-refractivity contribution >= 4 is 0 Å². The standard InChI is InChI=1S/C12H21N3O/c16-10-12-14-7-9-15(12)8-1-2-11-3-5-13-6-4-11/h7,9,11,13,16H,1-6,8,10H2. The molecule has 1 aromatic heterocycles. The first-order valence-electron chi connectivity index (χ1n) is 6.21. The number of hydrogen-bond donors (Lipinski definition) is 2. The van der Waals surface area contributed by atoms with Gasteiger partial charge in [-0.1, -0.05) is 0 Å². The van der Waals surface area contributed by atoms with E-state index in [1.807, 2.05) is 6.20 Å². The fraction of sp³-hybridized carbons (Fsp3) is 0.750. The minimum absolute atomic E-state index is 0.0420. The molecule has 0 saturated carbocycles. The second-order valence-electron chi connectivity index (χ2n) is 4.53. The summed E-state index contributed by atoms with van der Waals surface area (Å²) in [6.45, 7) is 3.38. The van der Waals surface area contributed by atoms with E-state index in [1.54, 1.807) is 6.20 Å². The smallest absolute Gasteiger partial charge is 0.134 e. The van der Waals surface area contributed by atoms with Gasteiger partial charge in [-0.25, -0.2) is 4.98 Å². The molecule has 90 valence electrons. The summed E-state index contributed by atoms with van der Waals surface area (Å²) in [7, 11) is 0. The van der Waals surface area contributed by atoms with Crippen molar-refractivity contribution in [1.82, 2.24) is 14.9 Å². The molecule has 1 fully saturated rings. The number of aromatic nitrogens is 2. The van der Waals surface area contributed by atoms with Gasteiger partial charge in [0, 0.05) is 18.9 Å². The number of nitrogens with zero attached hydrogens (tertiary/aromatic N) is 2. The lowest BCUT2D eigenvalue weighted by Gasteiger charge is -2.22. The predicted molar refractivity (Wildman–Crippen MR) is 63.0 cm³/mol. The zero-order valence-corrected chi connectivity index (χ0v) is 9.73. The molecule has 4 heteroatoms. The minimum atomic E-state index is 0.0420.